The zero-order valence-electron chi connectivity index (χ0n) is 10.9. The van der Waals surface area contributed by atoms with E-state index in [-0.39, 0.29) is 11.5 Å². The van der Waals surface area contributed by atoms with Crippen LogP contribution in [0.4, 0.5) is 0 Å². The van der Waals surface area contributed by atoms with Gasteiger partial charge in [-0.15, -0.1) is 0 Å². The summed E-state index contributed by atoms with van der Waals surface area (Å²) < 4.78 is 5.60. The van der Waals surface area contributed by atoms with E-state index >= 15 is 0 Å². The fourth-order valence-corrected chi connectivity index (χ4v) is 1.77. The highest BCUT2D eigenvalue weighted by molar-refractivity contribution is 6.58. The number of benzene rings is 1. The number of hydrogen-bond donors (Lipinski definition) is 2. The van der Waals surface area contributed by atoms with Gasteiger partial charge in [0.2, 0.25) is 5.90 Å². The molecule has 5 heteroatoms. The first-order valence-corrected chi connectivity index (χ1v) is 6.05. The highest BCUT2D eigenvalue weighted by atomic mass is 16.5. The fourth-order valence-electron chi connectivity index (χ4n) is 1.77. The van der Waals surface area contributed by atoms with Gasteiger partial charge in [-0.3, -0.25) is 0 Å². The maximum absolute atomic E-state index is 9.02. The zero-order valence-corrected chi connectivity index (χ0v) is 10.9. The molecule has 0 aromatic heterocycles. The first-order valence-electron chi connectivity index (χ1n) is 6.05. The summed E-state index contributed by atoms with van der Waals surface area (Å²) in [6.07, 6.45) is 0. The number of hydrogen-bond acceptors (Lipinski definition) is 4. The highest BCUT2D eigenvalue weighted by Crippen LogP contribution is 2.27. The Labute approximate surface area is 107 Å². The third-order valence-electron chi connectivity index (χ3n) is 3.11. The van der Waals surface area contributed by atoms with E-state index in [0.717, 1.165) is 5.56 Å². The molecule has 1 aromatic carbocycles. The lowest BCUT2D eigenvalue weighted by Gasteiger charge is -2.21. The Morgan fingerprint density at radius 2 is 1.83 bits per heavy atom. The van der Waals surface area contributed by atoms with E-state index in [2.05, 4.69) is 25.8 Å². The Balaban J connectivity index is 2.18. The highest BCUT2D eigenvalue weighted by Gasteiger charge is 2.30. The van der Waals surface area contributed by atoms with Crippen LogP contribution in [-0.2, 0) is 4.74 Å². The van der Waals surface area contributed by atoms with Crippen LogP contribution in [0.5, 0.6) is 0 Å². The van der Waals surface area contributed by atoms with E-state index < -0.39 is 7.12 Å². The smallest absolute Gasteiger partial charge is 0.475 e. The van der Waals surface area contributed by atoms with Gasteiger partial charge in [-0.2, -0.15) is 0 Å². The normalized spacial score (nSPS) is 19.4. The van der Waals surface area contributed by atoms with Gasteiger partial charge in [-0.1, -0.05) is 32.9 Å². The van der Waals surface area contributed by atoms with Gasteiger partial charge >= 0.3 is 7.12 Å². The Hall–Kier alpha value is -1.33. The van der Waals surface area contributed by atoms with Crippen molar-refractivity contribution in [3.05, 3.63) is 29.8 Å². The monoisotopic (exact) mass is 247 g/mol. The molecular weight excluding hydrogens is 229 g/mol. The van der Waals surface area contributed by atoms with Crippen molar-refractivity contribution in [2.45, 2.75) is 26.8 Å². The van der Waals surface area contributed by atoms with Crippen LogP contribution in [0.1, 0.15) is 26.3 Å². The zero-order chi connectivity index (χ0) is 13.3. The summed E-state index contributed by atoms with van der Waals surface area (Å²) in [4.78, 5) is 4.57. The number of nitrogens with zero attached hydrogens (tertiary/aromatic N) is 1. The summed E-state index contributed by atoms with van der Waals surface area (Å²) in [5, 5.41) is 18.0. The molecule has 0 unspecified atom stereocenters. The van der Waals surface area contributed by atoms with Crippen molar-refractivity contribution < 1.29 is 14.8 Å². The van der Waals surface area contributed by atoms with Crippen LogP contribution in [0.25, 0.3) is 0 Å². The van der Waals surface area contributed by atoms with Crippen LogP contribution in [-0.4, -0.2) is 35.7 Å². The maximum atomic E-state index is 9.02. The first kappa shape index (κ1) is 13.1. The first-order chi connectivity index (χ1) is 8.38. The summed E-state index contributed by atoms with van der Waals surface area (Å²) >= 11 is 0. The standard InChI is InChI=1S/C13H18BNO3/c1-13(2,3)11-8-18-12(15-11)9-4-6-10(7-5-9)14(16)17/h4-7,11,16-17H,8H2,1-3H3/t11-/m1/s1. The van der Waals surface area contributed by atoms with E-state index in [1.807, 2.05) is 0 Å². The molecule has 2 N–H and O–H groups in total. The Kier molecular flexibility index (Phi) is 3.46. The van der Waals surface area contributed by atoms with Crippen LogP contribution in [0.2, 0.25) is 0 Å². The molecule has 0 saturated carbocycles. The third-order valence-corrected chi connectivity index (χ3v) is 3.11. The molecule has 0 bridgehead atoms. The summed E-state index contributed by atoms with van der Waals surface area (Å²) in [6, 6.07) is 7.07. The number of rotatable bonds is 2. The Bertz CT molecular complexity index is 448. The second-order valence-electron chi connectivity index (χ2n) is 5.62. The predicted octanol–water partition coefficient (Wildman–Crippen LogP) is 0.558. The van der Waals surface area contributed by atoms with Crippen LogP contribution in [0, 0.1) is 5.41 Å². The third kappa shape index (κ3) is 2.74. The predicted molar refractivity (Wildman–Crippen MR) is 72.0 cm³/mol. The summed E-state index contributed by atoms with van der Waals surface area (Å²) in [6.45, 7) is 7.01. The number of aliphatic imine (C=N–C) groups is 1. The molecule has 1 aliphatic heterocycles. The molecule has 1 atom stereocenters. The molecule has 96 valence electrons. The second-order valence-corrected chi connectivity index (χ2v) is 5.62. The second kappa shape index (κ2) is 4.74. The van der Waals surface area contributed by atoms with Gasteiger partial charge < -0.3 is 14.8 Å². The van der Waals surface area contributed by atoms with Gasteiger partial charge in [0.1, 0.15) is 6.61 Å². The van der Waals surface area contributed by atoms with Crippen LogP contribution >= 0.6 is 0 Å². The molecule has 0 aliphatic carbocycles. The van der Waals surface area contributed by atoms with E-state index in [1.165, 1.54) is 0 Å². The van der Waals surface area contributed by atoms with Crippen molar-refractivity contribution in [1.82, 2.24) is 0 Å². The van der Waals surface area contributed by atoms with Crippen molar-refractivity contribution in [2.24, 2.45) is 10.4 Å². The summed E-state index contributed by atoms with van der Waals surface area (Å²) in [5.41, 5.74) is 1.42. The van der Waals surface area contributed by atoms with Gasteiger partial charge in [0.25, 0.3) is 0 Å². The molecule has 1 aliphatic rings. The molecule has 1 heterocycles. The lowest BCUT2D eigenvalue weighted by Crippen LogP contribution is -2.29. The van der Waals surface area contributed by atoms with Crippen LogP contribution in [0.15, 0.2) is 29.3 Å². The molecule has 0 spiro atoms. The minimum Gasteiger partial charge on any atom is -0.475 e. The SMILES string of the molecule is CC(C)(C)[C@H]1COC(c2ccc(B(O)O)cc2)=N1. The maximum Gasteiger partial charge on any atom is 0.488 e. The molecule has 0 radical (unpaired) electrons. The molecule has 4 nitrogen and oxygen atoms in total. The molecule has 0 amide bonds. The molecule has 0 fully saturated rings. The topological polar surface area (TPSA) is 62.0 Å². The Morgan fingerprint density at radius 1 is 1.22 bits per heavy atom. The fraction of sp³-hybridized carbons (Fsp3) is 0.462. The lowest BCUT2D eigenvalue weighted by molar-refractivity contribution is 0.236. The molecule has 2 rings (SSSR count). The molecule has 0 saturated heterocycles. The minimum atomic E-state index is -1.44. The van der Waals surface area contributed by atoms with Crippen molar-refractivity contribution in [3.8, 4) is 0 Å². The van der Waals surface area contributed by atoms with Gasteiger partial charge in [0, 0.05) is 5.56 Å². The van der Waals surface area contributed by atoms with Crippen molar-refractivity contribution >= 4 is 18.5 Å². The van der Waals surface area contributed by atoms with Gasteiger partial charge in [-0.05, 0) is 23.0 Å². The van der Waals surface area contributed by atoms with Gasteiger partial charge in [0.15, 0.2) is 0 Å². The van der Waals surface area contributed by atoms with Gasteiger partial charge in [0.05, 0.1) is 6.04 Å². The summed E-state index contributed by atoms with van der Waals surface area (Å²) in [7, 11) is -1.44. The van der Waals surface area contributed by atoms with E-state index in [4.69, 9.17) is 14.8 Å². The van der Waals surface area contributed by atoms with E-state index in [0.29, 0.717) is 18.0 Å². The summed E-state index contributed by atoms with van der Waals surface area (Å²) in [5.74, 6) is 0.633. The van der Waals surface area contributed by atoms with Crippen molar-refractivity contribution in [1.29, 1.82) is 0 Å². The van der Waals surface area contributed by atoms with Crippen LogP contribution in [0.3, 0.4) is 0 Å². The van der Waals surface area contributed by atoms with Gasteiger partial charge in [-0.25, -0.2) is 4.99 Å². The van der Waals surface area contributed by atoms with Crippen molar-refractivity contribution in [2.75, 3.05) is 6.61 Å². The van der Waals surface area contributed by atoms with E-state index in [1.54, 1.807) is 24.3 Å². The average molecular weight is 247 g/mol. The van der Waals surface area contributed by atoms with Crippen LogP contribution < -0.4 is 5.46 Å². The number of ether oxygens (including phenoxy) is 1. The van der Waals surface area contributed by atoms with Crippen molar-refractivity contribution in [3.63, 3.8) is 0 Å². The largest absolute Gasteiger partial charge is 0.488 e. The minimum absolute atomic E-state index is 0.0863. The molecular formula is C13H18BNO3. The quantitative estimate of drug-likeness (QED) is 0.750. The van der Waals surface area contributed by atoms with E-state index in [9.17, 15) is 0 Å². The Morgan fingerprint density at radius 3 is 2.28 bits per heavy atom. The molecule has 18 heavy (non-hydrogen) atoms. The average Bonchev–Trinajstić information content (AvgIpc) is 2.78. The molecule has 1 aromatic rings. The lowest BCUT2D eigenvalue weighted by atomic mass is 9.80.